The lowest BCUT2D eigenvalue weighted by atomic mass is 10.1. The average Bonchev–Trinajstić information content (AvgIpc) is 2.60. The van der Waals surface area contributed by atoms with E-state index in [4.69, 9.17) is 8.92 Å². The van der Waals surface area contributed by atoms with Gasteiger partial charge in [-0.2, -0.15) is 30.0 Å². The highest BCUT2D eigenvalue weighted by Crippen LogP contribution is 2.27. The van der Waals surface area contributed by atoms with Crippen LogP contribution in [0, 0.1) is 0 Å². The zero-order valence-corrected chi connectivity index (χ0v) is 18.7. The van der Waals surface area contributed by atoms with Gasteiger partial charge in [0.25, 0.3) is 10.1 Å². The summed E-state index contributed by atoms with van der Waals surface area (Å²) in [6.45, 7) is 4.46. The summed E-state index contributed by atoms with van der Waals surface area (Å²) < 4.78 is 97.4. The summed E-state index contributed by atoms with van der Waals surface area (Å²) in [6, 6.07) is 5.33. The van der Waals surface area contributed by atoms with E-state index in [0.717, 1.165) is 19.3 Å². The molecule has 174 valence electrons. The first kappa shape index (κ1) is 26.7. The molecule has 0 aliphatic heterocycles. The number of benzene rings is 1. The van der Waals surface area contributed by atoms with Gasteiger partial charge in [0.05, 0.1) is 18.1 Å². The van der Waals surface area contributed by atoms with Crippen molar-refractivity contribution in [1.29, 1.82) is 0 Å². The minimum absolute atomic E-state index is 0.0530. The Morgan fingerprint density at radius 3 is 2.00 bits per heavy atom. The minimum Gasteiger partial charge on any atom is -0.488 e. The average molecular weight is 477 g/mol. The number of unbranched alkanes of at least 4 members (excludes halogenated alkanes) is 3. The van der Waals surface area contributed by atoms with E-state index in [1.54, 1.807) is 0 Å². The first-order chi connectivity index (χ1) is 13.7. The number of ether oxygens (including phenoxy) is 1. The fraction of sp³-hybridized carbons (Fsp3) is 0.667. The predicted octanol–water partition coefficient (Wildman–Crippen LogP) is 4.39. The molecule has 1 aromatic carbocycles. The van der Waals surface area contributed by atoms with Gasteiger partial charge in [-0.25, -0.2) is 0 Å². The van der Waals surface area contributed by atoms with Gasteiger partial charge in [0.15, 0.2) is 0 Å². The summed E-state index contributed by atoms with van der Waals surface area (Å²) in [5.74, 6) is 0.251. The smallest absolute Gasteiger partial charge is 0.488 e. The van der Waals surface area contributed by atoms with Gasteiger partial charge in [-0.3, -0.25) is 8.37 Å². The monoisotopic (exact) mass is 476 g/mol. The molecular weight excluding hydrogens is 449 g/mol. The molecule has 0 bridgehead atoms. The van der Waals surface area contributed by atoms with E-state index in [0.29, 0.717) is 6.42 Å². The molecule has 30 heavy (non-hydrogen) atoms. The van der Waals surface area contributed by atoms with E-state index in [1.165, 1.54) is 38.1 Å². The van der Waals surface area contributed by atoms with E-state index < -0.39 is 38.0 Å². The van der Waals surface area contributed by atoms with Crippen LogP contribution in [0.5, 0.6) is 5.75 Å². The molecule has 0 saturated heterocycles. The highest BCUT2D eigenvalue weighted by atomic mass is 32.2. The minimum atomic E-state index is -5.66. The van der Waals surface area contributed by atoms with Crippen molar-refractivity contribution < 1.29 is 43.1 Å². The fourth-order valence-electron chi connectivity index (χ4n) is 2.27. The quantitative estimate of drug-likeness (QED) is 0.237. The van der Waals surface area contributed by atoms with E-state index in [9.17, 15) is 30.0 Å². The molecule has 1 aromatic rings. The Morgan fingerprint density at radius 1 is 0.867 bits per heavy atom. The molecule has 0 fully saturated rings. The van der Waals surface area contributed by atoms with Crippen molar-refractivity contribution in [3.05, 3.63) is 24.3 Å². The second kappa shape index (κ2) is 10.8. The molecule has 0 radical (unpaired) electrons. The van der Waals surface area contributed by atoms with Crippen molar-refractivity contribution in [2.75, 3.05) is 13.2 Å². The van der Waals surface area contributed by atoms with E-state index in [2.05, 4.69) is 4.18 Å². The fourth-order valence-corrected chi connectivity index (χ4v) is 3.65. The first-order valence-electron chi connectivity index (χ1n) is 9.34. The first-order valence-corrected chi connectivity index (χ1v) is 12.2. The standard InChI is InChI=1S/C18H27F3O7S2/c1-4-5-6-7-13-26-29(22,23)16-10-8-15(9-11-16)28-17(2,3)12-14-27-30(24,25)18(19,20)21/h8-11H,4-7,12-14H2,1-3H3. The Labute approximate surface area is 175 Å². The highest BCUT2D eigenvalue weighted by Gasteiger charge is 2.47. The molecule has 0 spiro atoms. The van der Waals surface area contributed by atoms with Crippen LogP contribution in [0.3, 0.4) is 0 Å². The van der Waals surface area contributed by atoms with Gasteiger partial charge in [-0.05, 0) is 44.5 Å². The van der Waals surface area contributed by atoms with Crippen molar-refractivity contribution in [1.82, 2.24) is 0 Å². The van der Waals surface area contributed by atoms with E-state index in [-0.39, 0.29) is 23.7 Å². The molecule has 0 N–H and O–H groups in total. The summed E-state index contributed by atoms with van der Waals surface area (Å²) in [6.07, 6.45) is 3.37. The summed E-state index contributed by atoms with van der Waals surface area (Å²) >= 11 is 0. The van der Waals surface area contributed by atoms with Crippen LogP contribution in [-0.2, 0) is 28.6 Å². The molecule has 1 rings (SSSR count). The largest absolute Gasteiger partial charge is 0.523 e. The zero-order valence-electron chi connectivity index (χ0n) is 17.1. The van der Waals surface area contributed by atoms with E-state index in [1.807, 2.05) is 6.92 Å². The number of hydrogen-bond donors (Lipinski definition) is 0. The highest BCUT2D eigenvalue weighted by molar-refractivity contribution is 7.87. The van der Waals surface area contributed by atoms with Crippen molar-refractivity contribution >= 4 is 20.2 Å². The third kappa shape index (κ3) is 8.78. The summed E-state index contributed by atoms with van der Waals surface area (Å²) in [5, 5.41) is 0. The molecule has 0 amide bonds. The summed E-state index contributed by atoms with van der Waals surface area (Å²) in [4.78, 5) is -0.0530. The van der Waals surface area contributed by atoms with Gasteiger partial charge in [-0.15, -0.1) is 0 Å². The van der Waals surface area contributed by atoms with Crippen LogP contribution in [0.1, 0.15) is 52.9 Å². The third-order valence-corrected chi connectivity index (χ3v) is 6.34. The lowest BCUT2D eigenvalue weighted by molar-refractivity contribution is -0.0553. The van der Waals surface area contributed by atoms with Crippen molar-refractivity contribution in [2.45, 2.75) is 68.9 Å². The Morgan fingerprint density at radius 2 is 1.47 bits per heavy atom. The maximum Gasteiger partial charge on any atom is 0.523 e. The predicted molar refractivity (Wildman–Crippen MR) is 104 cm³/mol. The Balaban J connectivity index is 2.61. The zero-order chi connectivity index (χ0) is 23.1. The number of halogens is 3. The molecule has 0 unspecified atom stereocenters. The van der Waals surface area contributed by atoms with Gasteiger partial charge < -0.3 is 4.74 Å². The second-order valence-electron chi connectivity index (χ2n) is 7.14. The molecule has 0 heterocycles. The van der Waals surface area contributed by atoms with Crippen LogP contribution in [0.4, 0.5) is 13.2 Å². The molecule has 12 heteroatoms. The maximum absolute atomic E-state index is 12.3. The lowest BCUT2D eigenvalue weighted by Gasteiger charge is -2.26. The van der Waals surface area contributed by atoms with Crippen molar-refractivity contribution in [3.63, 3.8) is 0 Å². The normalized spacial score (nSPS) is 13.4. The van der Waals surface area contributed by atoms with Gasteiger partial charge in [-0.1, -0.05) is 26.2 Å². The van der Waals surface area contributed by atoms with Gasteiger partial charge >= 0.3 is 15.6 Å². The summed E-state index contributed by atoms with van der Waals surface area (Å²) in [5.41, 5.74) is -6.56. The third-order valence-electron chi connectivity index (χ3n) is 3.97. The van der Waals surface area contributed by atoms with Crippen LogP contribution >= 0.6 is 0 Å². The molecule has 0 saturated carbocycles. The lowest BCUT2D eigenvalue weighted by Crippen LogP contribution is -2.32. The Bertz CT molecular complexity index is 862. The molecule has 0 atom stereocenters. The van der Waals surface area contributed by atoms with Crippen LogP contribution in [-0.4, -0.2) is 41.2 Å². The topological polar surface area (TPSA) is 96.0 Å². The SMILES string of the molecule is CCCCCCOS(=O)(=O)c1ccc(OC(C)(C)CCOS(=O)(=O)C(F)(F)F)cc1. The Kier molecular flexibility index (Phi) is 9.58. The van der Waals surface area contributed by atoms with Gasteiger partial charge in [0, 0.05) is 6.42 Å². The van der Waals surface area contributed by atoms with Gasteiger partial charge in [0.2, 0.25) is 0 Å². The van der Waals surface area contributed by atoms with Crippen molar-refractivity contribution in [3.8, 4) is 5.75 Å². The van der Waals surface area contributed by atoms with Crippen LogP contribution in [0.2, 0.25) is 0 Å². The van der Waals surface area contributed by atoms with Gasteiger partial charge in [0.1, 0.15) is 11.4 Å². The van der Waals surface area contributed by atoms with E-state index >= 15 is 0 Å². The Hall–Kier alpha value is -1.37. The maximum atomic E-state index is 12.3. The van der Waals surface area contributed by atoms with Crippen LogP contribution < -0.4 is 4.74 Å². The molecule has 0 aromatic heterocycles. The number of alkyl halides is 3. The van der Waals surface area contributed by atoms with Crippen LogP contribution in [0.15, 0.2) is 29.2 Å². The van der Waals surface area contributed by atoms with Crippen LogP contribution in [0.25, 0.3) is 0 Å². The number of hydrogen-bond acceptors (Lipinski definition) is 7. The molecule has 7 nitrogen and oxygen atoms in total. The summed E-state index contributed by atoms with van der Waals surface area (Å²) in [7, 11) is -9.57. The molecule has 0 aliphatic rings. The molecule has 0 aliphatic carbocycles. The second-order valence-corrected chi connectivity index (χ2v) is 10.4. The molecular formula is C18H27F3O7S2. The van der Waals surface area contributed by atoms with Crippen molar-refractivity contribution in [2.24, 2.45) is 0 Å². The number of rotatable bonds is 13.